The molecular formula is C11H22N2O2. The molecule has 0 spiro atoms. The maximum Gasteiger partial charge on any atom is 0.407 e. The third-order valence-corrected chi connectivity index (χ3v) is 3.30. The molecule has 0 aromatic carbocycles. The third-order valence-electron chi connectivity index (χ3n) is 3.30. The molecule has 1 aliphatic heterocycles. The monoisotopic (exact) mass is 214 g/mol. The molecule has 0 bridgehead atoms. The van der Waals surface area contributed by atoms with Gasteiger partial charge in [-0.1, -0.05) is 13.8 Å². The Hall–Kier alpha value is -0.770. The van der Waals surface area contributed by atoms with Gasteiger partial charge < -0.3 is 14.9 Å². The second-order valence-electron chi connectivity index (χ2n) is 4.09. The minimum atomic E-state index is -0.753. The van der Waals surface area contributed by atoms with E-state index in [1.807, 2.05) is 0 Å². The first-order valence-corrected chi connectivity index (χ1v) is 5.91. The summed E-state index contributed by atoms with van der Waals surface area (Å²) in [5.41, 5.74) is 0. The molecule has 4 nitrogen and oxygen atoms in total. The zero-order valence-corrected chi connectivity index (χ0v) is 9.78. The second kappa shape index (κ2) is 5.95. The number of carboxylic acid groups (broad SMARTS) is 1. The van der Waals surface area contributed by atoms with Crippen LogP contribution < -0.4 is 0 Å². The van der Waals surface area contributed by atoms with Crippen LogP contribution in [0.5, 0.6) is 0 Å². The van der Waals surface area contributed by atoms with E-state index in [2.05, 4.69) is 18.7 Å². The van der Waals surface area contributed by atoms with E-state index in [1.54, 1.807) is 4.90 Å². The Balaban J connectivity index is 2.34. The first kappa shape index (κ1) is 12.3. The topological polar surface area (TPSA) is 43.8 Å². The number of amides is 1. The van der Waals surface area contributed by atoms with Gasteiger partial charge in [0.1, 0.15) is 0 Å². The van der Waals surface area contributed by atoms with Crippen LogP contribution in [-0.2, 0) is 0 Å². The quantitative estimate of drug-likeness (QED) is 0.759. The molecule has 1 fully saturated rings. The molecule has 0 unspecified atom stereocenters. The van der Waals surface area contributed by atoms with Gasteiger partial charge in [-0.3, -0.25) is 0 Å². The van der Waals surface area contributed by atoms with Crippen molar-refractivity contribution in [2.45, 2.75) is 39.2 Å². The molecule has 15 heavy (non-hydrogen) atoms. The van der Waals surface area contributed by atoms with E-state index in [0.29, 0.717) is 0 Å². The van der Waals surface area contributed by atoms with Gasteiger partial charge in [0.15, 0.2) is 0 Å². The average Bonchev–Trinajstić information content (AvgIpc) is 2.67. The van der Waals surface area contributed by atoms with Gasteiger partial charge >= 0.3 is 6.09 Å². The number of rotatable bonds is 5. The van der Waals surface area contributed by atoms with Gasteiger partial charge in [0, 0.05) is 19.1 Å². The fourth-order valence-corrected chi connectivity index (χ4v) is 2.26. The maximum absolute atomic E-state index is 10.9. The maximum atomic E-state index is 10.9. The summed E-state index contributed by atoms with van der Waals surface area (Å²) in [5.74, 6) is 0. The fraction of sp³-hybridized carbons (Fsp3) is 0.909. The highest BCUT2D eigenvalue weighted by Crippen LogP contribution is 2.20. The van der Waals surface area contributed by atoms with Crippen LogP contribution in [-0.4, -0.2) is 53.2 Å². The van der Waals surface area contributed by atoms with Gasteiger partial charge in [-0.25, -0.2) is 4.79 Å². The van der Waals surface area contributed by atoms with Crippen molar-refractivity contribution in [3.63, 3.8) is 0 Å². The van der Waals surface area contributed by atoms with Gasteiger partial charge in [-0.05, 0) is 32.4 Å². The van der Waals surface area contributed by atoms with Crippen molar-refractivity contribution in [2.24, 2.45) is 0 Å². The highest BCUT2D eigenvalue weighted by atomic mass is 16.4. The largest absolute Gasteiger partial charge is 0.465 e. The zero-order valence-electron chi connectivity index (χ0n) is 9.78. The predicted octanol–water partition coefficient (Wildman–Crippen LogP) is 1.86. The van der Waals surface area contributed by atoms with Crippen LogP contribution in [0.3, 0.4) is 0 Å². The lowest BCUT2D eigenvalue weighted by molar-refractivity contribution is 0.134. The van der Waals surface area contributed by atoms with Gasteiger partial charge in [0.25, 0.3) is 0 Å². The van der Waals surface area contributed by atoms with Crippen LogP contribution in [0.15, 0.2) is 0 Å². The van der Waals surface area contributed by atoms with Crippen molar-refractivity contribution in [1.29, 1.82) is 0 Å². The average molecular weight is 214 g/mol. The molecule has 1 atom stereocenters. The zero-order chi connectivity index (χ0) is 11.3. The summed E-state index contributed by atoms with van der Waals surface area (Å²) in [6.07, 6.45) is 2.29. The molecule has 1 amide bonds. The molecule has 1 aliphatic rings. The molecule has 0 aliphatic carbocycles. The molecule has 4 heteroatoms. The molecule has 1 heterocycles. The SMILES string of the molecule is CCN(CC)CC[C@H]1CCCN1C(=O)O. The Morgan fingerprint density at radius 3 is 2.67 bits per heavy atom. The van der Waals surface area contributed by atoms with Crippen LogP contribution in [0.1, 0.15) is 33.1 Å². The summed E-state index contributed by atoms with van der Waals surface area (Å²) < 4.78 is 0. The molecule has 1 rings (SSSR count). The standard InChI is InChI=1S/C11H22N2O2/c1-3-12(4-2)9-7-10-6-5-8-13(10)11(14)15/h10H,3-9H2,1-2H3,(H,14,15)/t10-/m1/s1. The lowest BCUT2D eigenvalue weighted by atomic mass is 10.1. The number of nitrogens with zero attached hydrogens (tertiary/aromatic N) is 2. The number of likely N-dealkylation sites (tertiary alicyclic amines) is 1. The molecule has 0 saturated carbocycles. The molecule has 0 aromatic heterocycles. The van der Waals surface area contributed by atoms with E-state index in [4.69, 9.17) is 5.11 Å². The lowest BCUT2D eigenvalue weighted by Crippen LogP contribution is -2.37. The van der Waals surface area contributed by atoms with Crippen molar-refractivity contribution in [2.75, 3.05) is 26.2 Å². The Labute approximate surface area is 91.9 Å². The van der Waals surface area contributed by atoms with Crippen LogP contribution in [0.4, 0.5) is 4.79 Å². The van der Waals surface area contributed by atoms with E-state index >= 15 is 0 Å². The summed E-state index contributed by atoms with van der Waals surface area (Å²) in [7, 11) is 0. The Morgan fingerprint density at radius 2 is 2.13 bits per heavy atom. The van der Waals surface area contributed by atoms with Crippen LogP contribution >= 0.6 is 0 Å². The summed E-state index contributed by atoms with van der Waals surface area (Å²) in [4.78, 5) is 14.9. The van der Waals surface area contributed by atoms with Gasteiger partial charge in [-0.2, -0.15) is 0 Å². The van der Waals surface area contributed by atoms with Crippen molar-refractivity contribution in [3.05, 3.63) is 0 Å². The third kappa shape index (κ3) is 3.38. The molecule has 88 valence electrons. The van der Waals surface area contributed by atoms with E-state index < -0.39 is 6.09 Å². The lowest BCUT2D eigenvalue weighted by Gasteiger charge is -2.25. The van der Waals surface area contributed by atoms with Gasteiger partial charge in [-0.15, -0.1) is 0 Å². The Bertz CT molecular complexity index is 205. The summed E-state index contributed by atoms with van der Waals surface area (Å²) in [6.45, 7) is 8.13. The molecular weight excluding hydrogens is 192 g/mol. The highest BCUT2D eigenvalue weighted by Gasteiger charge is 2.28. The first-order valence-electron chi connectivity index (χ1n) is 5.91. The second-order valence-corrected chi connectivity index (χ2v) is 4.09. The van der Waals surface area contributed by atoms with E-state index in [9.17, 15) is 4.79 Å². The van der Waals surface area contributed by atoms with E-state index in [1.165, 1.54) is 0 Å². The van der Waals surface area contributed by atoms with Crippen LogP contribution in [0, 0.1) is 0 Å². The van der Waals surface area contributed by atoms with Crippen molar-refractivity contribution in [3.8, 4) is 0 Å². The van der Waals surface area contributed by atoms with E-state index in [0.717, 1.165) is 45.4 Å². The summed E-state index contributed by atoms with van der Waals surface area (Å²) in [6, 6.07) is 0.253. The van der Waals surface area contributed by atoms with Gasteiger partial charge in [0.2, 0.25) is 0 Å². The van der Waals surface area contributed by atoms with Gasteiger partial charge in [0.05, 0.1) is 0 Å². The summed E-state index contributed by atoms with van der Waals surface area (Å²) in [5, 5.41) is 8.98. The summed E-state index contributed by atoms with van der Waals surface area (Å²) >= 11 is 0. The normalized spacial score (nSPS) is 21.3. The number of hydrogen-bond donors (Lipinski definition) is 1. The Kier molecular flexibility index (Phi) is 4.88. The van der Waals surface area contributed by atoms with Crippen molar-refractivity contribution >= 4 is 6.09 Å². The first-order chi connectivity index (χ1) is 7.19. The molecule has 0 radical (unpaired) electrons. The molecule has 1 saturated heterocycles. The molecule has 0 aromatic rings. The smallest absolute Gasteiger partial charge is 0.407 e. The Morgan fingerprint density at radius 1 is 1.47 bits per heavy atom. The minimum absolute atomic E-state index is 0.253. The highest BCUT2D eigenvalue weighted by molar-refractivity contribution is 5.65. The van der Waals surface area contributed by atoms with Crippen LogP contribution in [0.25, 0.3) is 0 Å². The number of carbonyl (C=O) groups is 1. The van der Waals surface area contributed by atoms with Crippen molar-refractivity contribution in [1.82, 2.24) is 9.80 Å². The predicted molar refractivity (Wildman–Crippen MR) is 60.2 cm³/mol. The minimum Gasteiger partial charge on any atom is -0.465 e. The van der Waals surface area contributed by atoms with Crippen molar-refractivity contribution < 1.29 is 9.90 Å². The van der Waals surface area contributed by atoms with Crippen LogP contribution in [0.2, 0.25) is 0 Å². The van der Waals surface area contributed by atoms with E-state index in [-0.39, 0.29) is 6.04 Å². The number of hydrogen-bond acceptors (Lipinski definition) is 2. The molecule has 1 N–H and O–H groups in total. The fourth-order valence-electron chi connectivity index (χ4n) is 2.26.